The van der Waals surface area contributed by atoms with E-state index < -0.39 is 0 Å². The predicted octanol–water partition coefficient (Wildman–Crippen LogP) is 3.72. The summed E-state index contributed by atoms with van der Waals surface area (Å²) in [5, 5.41) is 4.24. The van der Waals surface area contributed by atoms with E-state index in [9.17, 15) is 4.79 Å². The minimum absolute atomic E-state index is 0.152. The lowest BCUT2D eigenvalue weighted by Gasteiger charge is -2.18. The number of esters is 1. The van der Waals surface area contributed by atoms with Crippen LogP contribution in [0.3, 0.4) is 0 Å². The molecule has 1 atom stereocenters. The highest BCUT2D eigenvalue weighted by atomic mass is 35.5. The van der Waals surface area contributed by atoms with E-state index in [1.54, 1.807) is 0 Å². The molecule has 19 heavy (non-hydrogen) atoms. The van der Waals surface area contributed by atoms with Gasteiger partial charge in [-0.15, -0.1) is 0 Å². The fourth-order valence-electron chi connectivity index (χ4n) is 1.98. The molecule has 0 saturated carbocycles. The van der Waals surface area contributed by atoms with E-state index in [-0.39, 0.29) is 5.97 Å². The molecule has 0 spiro atoms. The zero-order valence-electron chi connectivity index (χ0n) is 11.6. The molecule has 0 aliphatic heterocycles. The first-order valence-electron chi connectivity index (χ1n) is 6.73. The monoisotopic (exact) mass is 283 g/mol. The zero-order chi connectivity index (χ0) is 14.1. The Morgan fingerprint density at radius 1 is 1.37 bits per heavy atom. The molecule has 106 valence electrons. The maximum atomic E-state index is 11.0. The van der Waals surface area contributed by atoms with Crippen LogP contribution in [0.2, 0.25) is 5.02 Å². The molecule has 4 heteroatoms. The van der Waals surface area contributed by atoms with Crippen LogP contribution in [0.4, 0.5) is 0 Å². The van der Waals surface area contributed by atoms with E-state index >= 15 is 0 Å². The average Bonchev–Trinajstić information content (AvgIpc) is 2.43. The number of benzene rings is 1. The van der Waals surface area contributed by atoms with Crippen LogP contribution in [0.15, 0.2) is 24.3 Å². The van der Waals surface area contributed by atoms with Crippen LogP contribution in [-0.2, 0) is 9.53 Å². The van der Waals surface area contributed by atoms with Crippen molar-refractivity contribution in [3.63, 3.8) is 0 Å². The van der Waals surface area contributed by atoms with E-state index in [0.29, 0.717) is 12.5 Å². The van der Waals surface area contributed by atoms with Gasteiger partial charge in [-0.05, 0) is 37.1 Å². The number of carbonyl (C=O) groups excluding carboxylic acids is 1. The molecule has 0 aliphatic carbocycles. The maximum absolute atomic E-state index is 11.0. The van der Waals surface area contributed by atoms with Gasteiger partial charge in [-0.2, -0.15) is 0 Å². The van der Waals surface area contributed by atoms with Gasteiger partial charge in [0.1, 0.15) is 0 Å². The smallest absolute Gasteiger partial charge is 0.305 e. The van der Waals surface area contributed by atoms with E-state index in [1.807, 2.05) is 12.1 Å². The summed E-state index contributed by atoms with van der Waals surface area (Å²) in [7, 11) is 1.42. The first kappa shape index (κ1) is 16.0. The van der Waals surface area contributed by atoms with Crippen molar-refractivity contribution in [2.75, 3.05) is 13.7 Å². The molecule has 1 N–H and O–H groups in total. The summed E-state index contributed by atoms with van der Waals surface area (Å²) < 4.78 is 4.62. The number of ether oxygens (including phenoxy) is 1. The quantitative estimate of drug-likeness (QED) is 0.584. The van der Waals surface area contributed by atoms with Gasteiger partial charge in [0.2, 0.25) is 0 Å². The number of halogens is 1. The van der Waals surface area contributed by atoms with Crippen LogP contribution in [-0.4, -0.2) is 19.6 Å². The zero-order valence-corrected chi connectivity index (χ0v) is 12.4. The van der Waals surface area contributed by atoms with Gasteiger partial charge in [0.05, 0.1) is 7.11 Å². The molecular formula is C15H22ClNO2. The van der Waals surface area contributed by atoms with Gasteiger partial charge in [0.15, 0.2) is 0 Å². The summed E-state index contributed by atoms with van der Waals surface area (Å²) >= 11 is 5.90. The Morgan fingerprint density at radius 3 is 2.63 bits per heavy atom. The number of nitrogens with one attached hydrogen (secondary N) is 1. The van der Waals surface area contributed by atoms with Crippen molar-refractivity contribution < 1.29 is 9.53 Å². The molecule has 0 saturated heterocycles. The number of hydrogen-bond acceptors (Lipinski definition) is 3. The number of hydrogen-bond donors (Lipinski definition) is 1. The van der Waals surface area contributed by atoms with E-state index in [2.05, 4.69) is 29.1 Å². The van der Waals surface area contributed by atoms with Crippen LogP contribution in [0.5, 0.6) is 0 Å². The van der Waals surface area contributed by atoms with Gasteiger partial charge in [0, 0.05) is 17.5 Å². The summed E-state index contributed by atoms with van der Waals surface area (Å²) in [4.78, 5) is 11.0. The lowest BCUT2D eigenvalue weighted by Crippen LogP contribution is -2.23. The van der Waals surface area contributed by atoms with Gasteiger partial charge in [-0.1, -0.05) is 37.1 Å². The van der Waals surface area contributed by atoms with Crippen molar-refractivity contribution in [2.24, 2.45) is 0 Å². The Bertz CT molecular complexity index is 378. The van der Waals surface area contributed by atoms with E-state index in [0.717, 1.165) is 30.8 Å². The highest BCUT2D eigenvalue weighted by Crippen LogP contribution is 2.20. The first-order chi connectivity index (χ1) is 9.17. The van der Waals surface area contributed by atoms with Gasteiger partial charge >= 0.3 is 5.97 Å². The minimum atomic E-state index is -0.152. The van der Waals surface area contributed by atoms with Crippen LogP contribution in [0.1, 0.15) is 44.2 Å². The molecule has 0 bridgehead atoms. The van der Waals surface area contributed by atoms with Crippen molar-refractivity contribution in [1.29, 1.82) is 0 Å². The van der Waals surface area contributed by atoms with Gasteiger partial charge < -0.3 is 10.1 Å². The Balaban J connectivity index is 2.44. The predicted molar refractivity (Wildman–Crippen MR) is 78.4 cm³/mol. The molecular weight excluding hydrogens is 262 g/mol. The summed E-state index contributed by atoms with van der Waals surface area (Å²) in [6.07, 6.45) is 3.43. The normalized spacial score (nSPS) is 12.2. The second-order valence-corrected chi connectivity index (χ2v) is 4.96. The van der Waals surface area contributed by atoms with Crippen molar-refractivity contribution >= 4 is 17.6 Å². The molecule has 1 aromatic carbocycles. The third-order valence-corrected chi connectivity index (χ3v) is 3.28. The highest BCUT2D eigenvalue weighted by Gasteiger charge is 2.10. The molecule has 0 aromatic heterocycles. The van der Waals surface area contributed by atoms with Crippen LogP contribution < -0.4 is 5.32 Å². The van der Waals surface area contributed by atoms with Gasteiger partial charge in [0.25, 0.3) is 0 Å². The van der Waals surface area contributed by atoms with E-state index in [4.69, 9.17) is 11.6 Å². The lowest BCUT2D eigenvalue weighted by atomic mass is 10.0. The molecule has 0 fully saturated rings. The van der Waals surface area contributed by atoms with Crippen LogP contribution in [0, 0.1) is 0 Å². The minimum Gasteiger partial charge on any atom is -0.469 e. The fourth-order valence-corrected chi connectivity index (χ4v) is 2.11. The van der Waals surface area contributed by atoms with E-state index in [1.165, 1.54) is 12.7 Å². The first-order valence-corrected chi connectivity index (χ1v) is 7.10. The van der Waals surface area contributed by atoms with Crippen molar-refractivity contribution in [2.45, 2.75) is 38.6 Å². The standard InChI is InChI=1S/C15H22ClNO2/c1-3-5-14(12-7-9-13(16)10-8-12)17-11-4-6-15(18)19-2/h7-10,14,17H,3-6,11H2,1-2H3. The summed E-state index contributed by atoms with van der Waals surface area (Å²) in [6, 6.07) is 8.25. The number of methoxy groups -OCH3 is 1. The second-order valence-electron chi connectivity index (χ2n) is 4.53. The third-order valence-electron chi connectivity index (χ3n) is 3.03. The van der Waals surface area contributed by atoms with Crippen molar-refractivity contribution in [3.8, 4) is 0 Å². The number of rotatable bonds is 8. The molecule has 0 aliphatic rings. The largest absolute Gasteiger partial charge is 0.469 e. The molecule has 1 unspecified atom stereocenters. The summed E-state index contributed by atoms with van der Waals surface area (Å²) in [5.74, 6) is -0.152. The fraction of sp³-hybridized carbons (Fsp3) is 0.533. The lowest BCUT2D eigenvalue weighted by molar-refractivity contribution is -0.140. The molecule has 0 heterocycles. The molecule has 0 radical (unpaired) electrons. The number of carbonyl (C=O) groups is 1. The Kier molecular flexibility index (Phi) is 7.53. The molecule has 0 amide bonds. The Hall–Kier alpha value is -1.06. The molecule has 1 rings (SSSR count). The summed E-state index contributed by atoms with van der Waals surface area (Å²) in [6.45, 7) is 2.97. The third kappa shape index (κ3) is 6.08. The molecule has 1 aromatic rings. The average molecular weight is 284 g/mol. The van der Waals surface area contributed by atoms with Crippen molar-refractivity contribution in [1.82, 2.24) is 5.32 Å². The SMILES string of the molecule is CCCC(NCCCC(=O)OC)c1ccc(Cl)cc1. The van der Waals surface area contributed by atoms with Crippen molar-refractivity contribution in [3.05, 3.63) is 34.9 Å². The second kappa shape index (κ2) is 8.94. The Morgan fingerprint density at radius 2 is 2.05 bits per heavy atom. The van der Waals surface area contributed by atoms with Gasteiger partial charge in [-0.25, -0.2) is 0 Å². The Labute approximate surface area is 120 Å². The van der Waals surface area contributed by atoms with Gasteiger partial charge in [-0.3, -0.25) is 4.79 Å². The highest BCUT2D eigenvalue weighted by molar-refractivity contribution is 6.30. The summed E-state index contributed by atoms with van der Waals surface area (Å²) in [5.41, 5.74) is 1.24. The molecule has 3 nitrogen and oxygen atoms in total. The van der Waals surface area contributed by atoms with Crippen LogP contribution in [0.25, 0.3) is 0 Å². The van der Waals surface area contributed by atoms with Crippen LogP contribution >= 0.6 is 11.6 Å². The maximum Gasteiger partial charge on any atom is 0.305 e. The topological polar surface area (TPSA) is 38.3 Å².